The van der Waals surface area contributed by atoms with Crippen LogP contribution in [0.4, 0.5) is 5.69 Å². The Morgan fingerprint density at radius 3 is 2.30 bits per heavy atom. The third-order valence-corrected chi connectivity index (χ3v) is 3.15. The number of hydrogen-bond acceptors (Lipinski definition) is 3. The SMILES string of the molecule is Nc1ccccc1OCCCOc1ccc(Cl)cc1Cl. The molecule has 20 heavy (non-hydrogen) atoms. The zero-order chi connectivity index (χ0) is 14.4. The Labute approximate surface area is 128 Å². The largest absolute Gasteiger partial charge is 0.492 e. The van der Waals surface area contributed by atoms with Gasteiger partial charge in [-0.1, -0.05) is 35.3 Å². The highest BCUT2D eigenvalue weighted by Gasteiger charge is 2.02. The van der Waals surface area contributed by atoms with Crippen LogP contribution in [0.2, 0.25) is 10.0 Å². The molecule has 0 saturated carbocycles. The Kier molecular flexibility index (Phi) is 5.39. The van der Waals surface area contributed by atoms with Gasteiger partial charge in [-0.2, -0.15) is 0 Å². The van der Waals surface area contributed by atoms with Gasteiger partial charge in [0.05, 0.1) is 23.9 Å². The molecule has 106 valence electrons. The van der Waals surface area contributed by atoms with Crippen molar-refractivity contribution >= 4 is 28.9 Å². The molecule has 0 saturated heterocycles. The topological polar surface area (TPSA) is 44.5 Å². The van der Waals surface area contributed by atoms with Crippen LogP contribution in [-0.4, -0.2) is 13.2 Å². The van der Waals surface area contributed by atoms with Crippen LogP contribution in [0.5, 0.6) is 11.5 Å². The van der Waals surface area contributed by atoms with E-state index >= 15 is 0 Å². The molecule has 0 aromatic heterocycles. The first kappa shape index (κ1) is 14.8. The van der Waals surface area contributed by atoms with E-state index in [-0.39, 0.29) is 0 Å². The molecule has 0 heterocycles. The molecule has 5 heteroatoms. The molecule has 0 amide bonds. The molecule has 2 aromatic carbocycles. The molecule has 0 aliphatic rings. The first-order valence-corrected chi connectivity index (χ1v) is 6.97. The molecule has 2 rings (SSSR count). The van der Waals surface area contributed by atoms with Crippen molar-refractivity contribution in [1.29, 1.82) is 0 Å². The van der Waals surface area contributed by atoms with E-state index in [1.807, 2.05) is 18.2 Å². The second-order valence-electron chi connectivity index (χ2n) is 4.16. The Morgan fingerprint density at radius 2 is 1.60 bits per heavy atom. The quantitative estimate of drug-likeness (QED) is 0.634. The van der Waals surface area contributed by atoms with E-state index in [0.717, 1.165) is 6.42 Å². The summed E-state index contributed by atoms with van der Waals surface area (Å²) < 4.78 is 11.1. The van der Waals surface area contributed by atoms with Gasteiger partial charge in [-0.15, -0.1) is 0 Å². The lowest BCUT2D eigenvalue weighted by Gasteiger charge is -2.10. The lowest BCUT2D eigenvalue weighted by atomic mass is 10.3. The molecule has 0 atom stereocenters. The van der Waals surface area contributed by atoms with Gasteiger partial charge in [0, 0.05) is 11.4 Å². The van der Waals surface area contributed by atoms with Crippen molar-refractivity contribution in [2.45, 2.75) is 6.42 Å². The number of para-hydroxylation sites is 2. The first-order chi connectivity index (χ1) is 9.66. The molecule has 0 radical (unpaired) electrons. The van der Waals surface area contributed by atoms with E-state index in [2.05, 4.69) is 0 Å². The number of hydrogen-bond donors (Lipinski definition) is 1. The van der Waals surface area contributed by atoms with Crippen molar-refractivity contribution in [3.05, 3.63) is 52.5 Å². The molecular weight excluding hydrogens is 297 g/mol. The van der Waals surface area contributed by atoms with Crippen LogP contribution in [0.3, 0.4) is 0 Å². The van der Waals surface area contributed by atoms with E-state index in [1.165, 1.54) is 0 Å². The van der Waals surface area contributed by atoms with Gasteiger partial charge in [0.25, 0.3) is 0 Å². The summed E-state index contributed by atoms with van der Waals surface area (Å²) in [6.45, 7) is 1.04. The fraction of sp³-hybridized carbons (Fsp3) is 0.200. The van der Waals surface area contributed by atoms with Crippen molar-refractivity contribution < 1.29 is 9.47 Å². The van der Waals surface area contributed by atoms with Crippen molar-refractivity contribution in [3.63, 3.8) is 0 Å². The highest BCUT2D eigenvalue weighted by Crippen LogP contribution is 2.27. The van der Waals surface area contributed by atoms with Crippen LogP contribution in [0.1, 0.15) is 6.42 Å². The zero-order valence-corrected chi connectivity index (χ0v) is 12.3. The van der Waals surface area contributed by atoms with E-state index in [4.69, 9.17) is 38.4 Å². The lowest BCUT2D eigenvalue weighted by molar-refractivity contribution is 0.248. The Morgan fingerprint density at radius 1 is 0.900 bits per heavy atom. The minimum Gasteiger partial charge on any atom is -0.492 e. The second kappa shape index (κ2) is 7.27. The van der Waals surface area contributed by atoms with E-state index in [0.29, 0.717) is 40.4 Å². The van der Waals surface area contributed by atoms with Crippen molar-refractivity contribution in [2.75, 3.05) is 18.9 Å². The highest BCUT2D eigenvalue weighted by atomic mass is 35.5. The van der Waals surface area contributed by atoms with Gasteiger partial charge in [-0.05, 0) is 30.3 Å². The summed E-state index contributed by atoms with van der Waals surface area (Å²) in [5.41, 5.74) is 6.41. The number of nitrogen functional groups attached to an aromatic ring is 1. The smallest absolute Gasteiger partial charge is 0.142 e. The maximum atomic E-state index is 6.00. The molecular formula is C15H15Cl2NO2. The predicted octanol–water partition coefficient (Wildman–Crippen LogP) is 4.42. The van der Waals surface area contributed by atoms with Crippen molar-refractivity contribution in [2.24, 2.45) is 0 Å². The molecule has 0 aliphatic heterocycles. The summed E-state index contributed by atoms with van der Waals surface area (Å²) >= 11 is 11.8. The average Bonchev–Trinajstić information content (AvgIpc) is 2.42. The molecule has 2 N–H and O–H groups in total. The van der Waals surface area contributed by atoms with Gasteiger partial charge >= 0.3 is 0 Å². The zero-order valence-electron chi connectivity index (χ0n) is 10.8. The van der Waals surface area contributed by atoms with Gasteiger partial charge in [0.1, 0.15) is 11.5 Å². The standard InChI is InChI=1S/C15H15Cl2NO2/c16-11-6-7-14(12(17)10-11)19-8-3-9-20-15-5-2-1-4-13(15)18/h1-2,4-7,10H,3,8-9,18H2. The number of benzene rings is 2. The molecule has 0 aliphatic carbocycles. The second-order valence-corrected chi connectivity index (χ2v) is 5.01. The number of nitrogens with two attached hydrogens (primary N) is 1. The average molecular weight is 312 g/mol. The maximum absolute atomic E-state index is 6.00. The Balaban J connectivity index is 1.73. The summed E-state index contributed by atoms with van der Waals surface area (Å²) in [6.07, 6.45) is 0.729. The summed E-state index contributed by atoms with van der Waals surface area (Å²) in [5.74, 6) is 1.31. The van der Waals surface area contributed by atoms with E-state index in [1.54, 1.807) is 24.3 Å². The van der Waals surface area contributed by atoms with E-state index in [9.17, 15) is 0 Å². The van der Waals surface area contributed by atoms with E-state index < -0.39 is 0 Å². The molecule has 0 fully saturated rings. The summed E-state index contributed by atoms with van der Waals surface area (Å²) in [4.78, 5) is 0. The lowest BCUT2D eigenvalue weighted by Crippen LogP contribution is -2.06. The molecule has 3 nitrogen and oxygen atoms in total. The van der Waals surface area contributed by atoms with Gasteiger partial charge in [-0.3, -0.25) is 0 Å². The number of ether oxygens (including phenoxy) is 2. The van der Waals surface area contributed by atoms with Gasteiger partial charge < -0.3 is 15.2 Å². The minimum atomic E-state index is 0.505. The number of anilines is 1. The third kappa shape index (κ3) is 4.22. The molecule has 2 aromatic rings. The monoisotopic (exact) mass is 311 g/mol. The first-order valence-electron chi connectivity index (χ1n) is 6.22. The van der Waals surface area contributed by atoms with Crippen LogP contribution in [0, 0.1) is 0 Å². The van der Waals surface area contributed by atoms with Crippen LogP contribution in [0.25, 0.3) is 0 Å². The van der Waals surface area contributed by atoms with Crippen molar-refractivity contribution in [1.82, 2.24) is 0 Å². The number of halogens is 2. The normalized spacial score (nSPS) is 10.3. The molecule has 0 bridgehead atoms. The van der Waals surface area contributed by atoms with Crippen LogP contribution < -0.4 is 15.2 Å². The Bertz CT molecular complexity index is 576. The van der Waals surface area contributed by atoms with Crippen LogP contribution in [-0.2, 0) is 0 Å². The summed E-state index contributed by atoms with van der Waals surface area (Å²) in [7, 11) is 0. The minimum absolute atomic E-state index is 0.505. The molecule has 0 spiro atoms. The maximum Gasteiger partial charge on any atom is 0.142 e. The number of rotatable bonds is 6. The molecule has 0 unspecified atom stereocenters. The third-order valence-electron chi connectivity index (χ3n) is 2.62. The predicted molar refractivity (Wildman–Crippen MR) is 82.9 cm³/mol. The Hall–Kier alpha value is -1.58. The van der Waals surface area contributed by atoms with Crippen LogP contribution in [0.15, 0.2) is 42.5 Å². The fourth-order valence-corrected chi connectivity index (χ4v) is 2.09. The van der Waals surface area contributed by atoms with Gasteiger partial charge in [0.2, 0.25) is 0 Å². The van der Waals surface area contributed by atoms with Gasteiger partial charge in [0.15, 0.2) is 0 Å². The fourth-order valence-electron chi connectivity index (χ4n) is 1.63. The van der Waals surface area contributed by atoms with Crippen molar-refractivity contribution in [3.8, 4) is 11.5 Å². The summed E-state index contributed by atoms with van der Waals surface area (Å²) in [6, 6.07) is 12.5. The van der Waals surface area contributed by atoms with Crippen LogP contribution >= 0.6 is 23.2 Å². The highest BCUT2D eigenvalue weighted by molar-refractivity contribution is 6.35. The van der Waals surface area contributed by atoms with Gasteiger partial charge in [-0.25, -0.2) is 0 Å². The summed E-state index contributed by atoms with van der Waals surface area (Å²) in [5, 5.41) is 1.09.